The Morgan fingerprint density at radius 2 is 1.32 bits per heavy atom. The van der Waals surface area contributed by atoms with E-state index in [9.17, 15) is 0 Å². The average molecular weight is 492 g/mol. The van der Waals surface area contributed by atoms with Gasteiger partial charge in [0, 0.05) is 37.7 Å². The monoisotopic (exact) mass is 491 g/mol. The highest BCUT2D eigenvalue weighted by molar-refractivity contribution is 7.21. The predicted molar refractivity (Wildman–Crippen MR) is 159 cm³/mol. The third-order valence-electron chi connectivity index (χ3n) is 8.14. The van der Waals surface area contributed by atoms with Gasteiger partial charge < -0.3 is 4.57 Å². The molecule has 0 unspecified atom stereocenters. The number of rotatable bonds is 2. The van der Waals surface area contributed by atoms with Crippen LogP contribution < -0.4 is 0 Å². The van der Waals surface area contributed by atoms with Gasteiger partial charge in [0.05, 0.1) is 15.7 Å². The first-order valence-corrected chi connectivity index (χ1v) is 13.7. The molecule has 0 spiro atoms. The summed E-state index contributed by atoms with van der Waals surface area (Å²) in [5.74, 6) is 0. The van der Waals surface area contributed by atoms with Crippen LogP contribution in [-0.2, 0) is 5.41 Å². The molecule has 0 radical (unpaired) electrons. The SMILES string of the molecule is CC1(C)c2ccccc2-c2c1sc1c2ccc2c3cc(-c4ccccc4)ccc3n(-c3ccccc3)c21. The highest BCUT2D eigenvalue weighted by atomic mass is 32.1. The smallest absolute Gasteiger partial charge is 0.0719 e. The molecule has 176 valence electrons. The number of para-hydroxylation sites is 1. The average Bonchev–Trinajstić information content (AvgIpc) is 3.56. The van der Waals surface area contributed by atoms with E-state index < -0.39 is 0 Å². The standard InChI is InChI=1S/C35H25NS/c1-35(2)29-16-10-9-15-26(29)31-27-19-18-25-28-21-23(22-11-5-3-6-12-22)17-20-30(28)36(24-13-7-4-8-14-24)32(25)33(27)37-34(31)35/h3-21H,1-2H3. The molecule has 2 heterocycles. The molecule has 37 heavy (non-hydrogen) atoms. The zero-order chi connectivity index (χ0) is 24.7. The van der Waals surface area contributed by atoms with Crippen molar-refractivity contribution in [2.75, 3.05) is 0 Å². The minimum atomic E-state index is 0.00596. The van der Waals surface area contributed by atoms with Gasteiger partial charge in [-0.2, -0.15) is 0 Å². The summed E-state index contributed by atoms with van der Waals surface area (Å²) < 4.78 is 3.86. The maximum Gasteiger partial charge on any atom is 0.0719 e. The molecular formula is C35H25NS. The Kier molecular flexibility index (Phi) is 4.22. The van der Waals surface area contributed by atoms with E-state index in [1.54, 1.807) is 0 Å². The molecule has 0 aliphatic heterocycles. The molecule has 5 aromatic carbocycles. The third kappa shape index (κ3) is 2.79. The van der Waals surface area contributed by atoms with Crippen LogP contribution >= 0.6 is 11.3 Å². The summed E-state index contributed by atoms with van der Waals surface area (Å²) >= 11 is 1.98. The Morgan fingerprint density at radius 1 is 0.622 bits per heavy atom. The van der Waals surface area contributed by atoms with Crippen molar-refractivity contribution in [3.05, 3.63) is 126 Å². The van der Waals surface area contributed by atoms with Crippen LogP contribution in [0.5, 0.6) is 0 Å². The van der Waals surface area contributed by atoms with E-state index >= 15 is 0 Å². The van der Waals surface area contributed by atoms with Gasteiger partial charge in [0.2, 0.25) is 0 Å². The largest absolute Gasteiger partial charge is 0.308 e. The van der Waals surface area contributed by atoms with Crippen LogP contribution in [0.4, 0.5) is 0 Å². The summed E-state index contributed by atoms with van der Waals surface area (Å²) in [6.45, 7) is 4.76. The molecule has 0 atom stereocenters. The third-order valence-corrected chi connectivity index (χ3v) is 9.68. The molecule has 0 bridgehead atoms. The summed E-state index contributed by atoms with van der Waals surface area (Å²) in [7, 11) is 0. The number of nitrogens with zero attached hydrogens (tertiary/aromatic N) is 1. The number of thiophene rings is 1. The van der Waals surface area contributed by atoms with Crippen LogP contribution in [0.3, 0.4) is 0 Å². The fourth-order valence-electron chi connectivity index (χ4n) is 6.38. The van der Waals surface area contributed by atoms with Crippen molar-refractivity contribution in [1.82, 2.24) is 4.57 Å². The van der Waals surface area contributed by atoms with Crippen molar-refractivity contribution >= 4 is 43.2 Å². The van der Waals surface area contributed by atoms with E-state index in [1.807, 2.05) is 11.3 Å². The van der Waals surface area contributed by atoms with E-state index in [0.717, 1.165) is 0 Å². The lowest BCUT2D eigenvalue weighted by atomic mass is 9.87. The number of fused-ring (bicyclic) bond motifs is 9. The van der Waals surface area contributed by atoms with Crippen LogP contribution in [0.15, 0.2) is 115 Å². The maximum atomic E-state index is 2.48. The molecule has 7 aromatic rings. The number of aromatic nitrogens is 1. The second-order valence-corrected chi connectivity index (χ2v) is 11.6. The van der Waals surface area contributed by atoms with Gasteiger partial charge >= 0.3 is 0 Å². The molecule has 0 amide bonds. The molecule has 1 nitrogen and oxygen atoms in total. The first-order valence-electron chi connectivity index (χ1n) is 12.9. The van der Waals surface area contributed by atoms with E-state index in [4.69, 9.17) is 0 Å². The van der Waals surface area contributed by atoms with Crippen LogP contribution in [0.1, 0.15) is 24.3 Å². The predicted octanol–water partition coefficient (Wildman–Crippen LogP) is 9.97. The summed E-state index contributed by atoms with van der Waals surface area (Å²) in [4.78, 5) is 1.48. The van der Waals surface area contributed by atoms with Crippen LogP contribution in [-0.4, -0.2) is 4.57 Å². The second kappa shape index (κ2) is 7.44. The van der Waals surface area contributed by atoms with E-state index in [-0.39, 0.29) is 5.41 Å². The van der Waals surface area contributed by atoms with Crippen LogP contribution in [0.25, 0.3) is 59.8 Å². The highest BCUT2D eigenvalue weighted by Crippen LogP contribution is 2.56. The van der Waals surface area contributed by atoms with Crippen molar-refractivity contribution in [2.45, 2.75) is 19.3 Å². The van der Waals surface area contributed by atoms with Gasteiger partial charge in [0.25, 0.3) is 0 Å². The summed E-state index contributed by atoms with van der Waals surface area (Å²) in [5, 5.41) is 3.99. The molecule has 0 saturated heterocycles. The molecule has 0 N–H and O–H groups in total. The second-order valence-electron chi connectivity index (χ2n) is 10.6. The Bertz CT molecular complexity index is 1990. The van der Waals surface area contributed by atoms with Crippen molar-refractivity contribution in [3.63, 3.8) is 0 Å². The van der Waals surface area contributed by atoms with Gasteiger partial charge in [-0.05, 0) is 46.5 Å². The first kappa shape index (κ1) is 21.0. The summed E-state index contributed by atoms with van der Waals surface area (Å²) in [5.41, 5.74) is 10.5. The molecule has 2 aromatic heterocycles. The Morgan fingerprint density at radius 3 is 2.14 bits per heavy atom. The minimum Gasteiger partial charge on any atom is -0.308 e. The molecule has 0 saturated carbocycles. The van der Waals surface area contributed by atoms with Crippen molar-refractivity contribution < 1.29 is 0 Å². The van der Waals surface area contributed by atoms with Gasteiger partial charge in [-0.25, -0.2) is 0 Å². The van der Waals surface area contributed by atoms with Gasteiger partial charge in [-0.1, -0.05) is 105 Å². The maximum absolute atomic E-state index is 2.48. The Balaban J connectivity index is 1.52. The zero-order valence-electron chi connectivity index (χ0n) is 20.8. The van der Waals surface area contributed by atoms with Gasteiger partial charge in [0.15, 0.2) is 0 Å². The fourth-order valence-corrected chi connectivity index (χ4v) is 7.85. The molecule has 0 fully saturated rings. The number of benzene rings is 5. The topological polar surface area (TPSA) is 4.93 Å². The van der Waals surface area contributed by atoms with Gasteiger partial charge in [-0.3, -0.25) is 0 Å². The lowest BCUT2D eigenvalue weighted by Gasteiger charge is -2.19. The molecule has 2 heteroatoms. The first-order chi connectivity index (χ1) is 18.1. The molecule has 1 aliphatic carbocycles. The highest BCUT2D eigenvalue weighted by Gasteiger charge is 2.38. The molecular weight excluding hydrogens is 466 g/mol. The molecule has 1 aliphatic rings. The minimum absolute atomic E-state index is 0.00596. The van der Waals surface area contributed by atoms with Gasteiger partial charge in [-0.15, -0.1) is 11.3 Å². The molecule has 8 rings (SSSR count). The number of hydrogen-bond acceptors (Lipinski definition) is 1. The Hall–Kier alpha value is -4.14. The fraction of sp³-hybridized carbons (Fsp3) is 0.0857. The van der Waals surface area contributed by atoms with Crippen LogP contribution in [0, 0.1) is 0 Å². The lowest BCUT2D eigenvalue weighted by Crippen LogP contribution is -2.13. The van der Waals surface area contributed by atoms with Crippen molar-refractivity contribution in [3.8, 4) is 27.9 Å². The van der Waals surface area contributed by atoms with E-state index in [1.165, 1.54) is 70.3 Å². The van der Waals surface area contributed by atoms with Crippen LogP contribution in [0.2, 0.25) is 0 Å². The number of hydrogen-bond donors (Lipinski definition) is 0. The summed E-state index contributed by atoms with van der Waals surface area (Å²) in [6.07, 6.45) is 0. The van der Waals surface area contributed by atoms with Gasteiger partial charge in [0.1, 0.15) is 0 Å². The lowest BCUT2D eigenvalue weighted by molar-refractivity contribution is 0.674. The Labute approximate surface area is 220 Å². The van der Waals surface area contributed by atoms with E-state index in [0.29, 0.717) is 0 Å². The quantitative estimate of drug-likeness (QED) is 0.227. The normalized spacial score (nSPS) is 13.9. The van der Waals surface area contributed by atoms with E-state index in [2.05, 4.69) is 134 Å². The summed E-state index contributed by atoms with van der Waals surface area (Å²) in [6, 6.07) is 42.1. The van der Waals surface area contributed by atoms with Crippen molar-refractivity contribution in [1.29, 1.82) is 0 Å². The van der Waals surface area contributed by atoms with Crippen molar-refractivity contribution in [2.24, 2.45) is 0 Å². The zero-order valence-corrected chi connectivity index (χ0v) is 21.6.